The Hall–Kier alpha value is -2.66. The van der Waals surface area contributed by atoms with Crippen LogP contribution in [-0.2, 0) is 17.8 Å². The van der Waals surface area contributed by atoms with Crippen LogP contribution in [0.3, 0.4) is 0 Å². The highest BCUT2D eigenvalue weighted by molar-refractivity contribution is 5.99. The molecule has 120 valence electrons. The number of rotatable bonds is 5. The lowest BCUT2D eigenvalue weighted by Crippen LogP contribution is -2.41. The number of hydrazine groups is 1. The fourth-order valence-electron chi connectivity index (χ4n) is 2.12. The third-order valence-electron chi connectivity index (χ3n) is 3.41. The molecule has 0 radical (unpaired) electrons. The van der Waals surface area contributed by atoms with Crippen LogP contribution in [0.1, 0.15) is 38.8 Å². The summed E-state index contributed by atoms with van der Waals surface area (Å²) in [6.07, 6.45) is 0.913. The van der Waals surface area contributed by atoms with Gasteiger partial charge in [0.05, 0.1) is 6.61 Å². The standard InChI is InChI=1S/C18H20N2O3/c1-3-13-7-9-15(10-8-13)17(21)19-20-18(22)16-6-4-5-14(11-16)12-23-2/h4-11H,3,12H2,1-2H3,(H,19,21)(H,20,22). The number of hydrogen-bond donors (Lipinski definition) is 2. The molecule has 0 aliphatic rings. The number of benzene rings is 2. The van der Waals surface area contributed by atoms with Crippen LogP contribution in [0.15, 0.2) is 48.5 Å². The van der Waals surface area contributed by atoms with Crippen molar-refractivity contribution in [1.82, 2.24) is 10.9 Å². The largest absolute Gasteiger partial charge is 0.380 e. The smallest absolute Gasteiger partial charge is 0.269 e. The van der Waals surface area contributed by atoms with Gasteiger partial charge in [-0.3, -0.25) is 20.4 Å². The normalized spacial score (nSPS) is 10.2. The van der Waals surface area contributed by atoms with Gasteiger partial charge in [-0.15, -0.1) is 0 Å². The van der Waals surface area contributed by atoms with Crippen LogP contribution >= 0.6 is 0 Å². The number of amides is 2. The summed E-state index contributed by atoms with van der Waals surface area (Å²) >= 11 is 0. The number of methoxy groups -OCH3 is 1. The molecule has 0 saturated carbocycles. The van der Waals surface area contributed by atoms with Crippen molar-refractivity contribution in [3.63, 3.8) is 0 Å². The highest BCUT2D eigenvalue weighted by Gasteiger charge is 2.09. The minimum atomic E-state index is -0.374. The zero-order valence-corrected chi connectivity index (χ0v) is 13.3. The van der Waals surface area contributed by atoms with Crippen molar-refractivity contribution in [3.8, 4) is 0 Å². The average Bonchev–Trinajstić information content (AvgIpc) is 2.60. The van der Waals surface area contributed by atoms with Crippen LogP contribution in [0.25, 0.3) is 0 Å². The Morgan fingerprint density at radius 2 is 1.57 bits per heavy atom. The molecule has 0 aromatic heterocycles. The van der Waals surface area contributed by atoms with Crippen molar-refractivity contribution in [3.05, 3.63) is 70.8 Å². The van der Waals surface area contributed by atoms with Crippen LogP contribution in [0.5, 0.6) is 0 Å². The van der Waals surface area contributed by atoms with E-state index in [1.54, 1.807) is 37.4 Å². The molecule has 0 spiro atoms. The van der Waals surface area contributed by atoms with Gasteiger partial charge in [-0.05, 0) is 41.8 Å². The first-order valence-electron chi connectivity index (χ1n) is 7.41. The SMILES string of the molecule is CCc1ccc(C(=O)NNC(=O)c2cccc(COC)c2)cc1. The quantitative estimate of drug-likeness (QED) is 0.834. The molecule has 5 nitrogen and oxygen atoms in total. The molecule has 0 unspecified atom stereocenters. The third kappa shape index (κ3) is 4.66. The molecular weight excluding hydrogens is 292 g/mol. The Labute approximate surface area is 135 Å². The fourth-order valence-corrected chi connectivity index (χ4v) is 2.12. The summed E-state index contributed by atoms with van der Waals surface area (Å²) in [4.78, 5) is 24.1. The van der Waals surface area contributed by atoms with E-state index in [0.29, 0.717) is 17.7 Å². The van der Waals surface area contributed by atoms with Gasteiger partial charge in [0, 0.05) is 18.2 Å². The van der Waals surface area contributed by atoms with Crippen LogP contribution in [0.4, 0.5) is 0 Å². The summed E-state index contributed by atoms with van der Waals surface area (Å²) in [7, 11) is 1.59. The molecule has 2 N–H and O–H groups in total. The zero-order valence-electron chi connectivity index (χ0n) is 13.3. The van der Waals surface area contributed by atoms with Gasteiger partial charge in [-0.2, -0.15) is 0 Å². The molecule has 2 aromatic carbocycles. The summed E-state index contributed by atoms with van der Waals surface area (Å²) in [5.41, 5.74) is 7.83. The van der Waals surface area contributed by atoms with Crippen molar-refractivity contribution in [2.75, 3.05) is 7.11 Å². The van der Waals surface area contributed by atoms with E-state index in [2.05, 4.69) is 10.9 Å². The molecule has 0 aliphatic heterocycles. The van der Waals surface area contributed by atoms with E-state index in [1.165, 1.54) is 0 Å². The Bertz CT molecular complexity index is 681. The summed E-state index contributed by atoms with van der Waals surface area (Å²) in [6, 6.07) is 14.3. The second-order valence-electron chi connectivity index (χ2n) is 5.09. The molecule has 0 fully saturated rings. The molecule has 2 rings (SSSR count). The van der Waals surface area contributed by atoms with Gasteiger partial charge in [0.2, 0.25) is 0 Å². The Balaban J connectivity index is 1.95. The van der Waals surface area contributed by atoms with E-state index in [9.17, 15) is 9.59 Å². The summed E-state index contributed by atoms with van der Waals surface area (Å²) in [5.74, 6) is -0.726. The van der Waals surface area contributed by atoms with Crippen molar-refractivity contribution in [2.24, 2.45) is 0 Å². The molecule has 0 aliphatic carbocycles. The second-order valence-corrected chi connectivity index (χ2v) is 5.09. The Morgan fingerprint density at radius 3 is 2.17 bits per heavy atom. The van der Waals surface area contributed by atoms with Crippen molar-refractivity contribution in [2.45, 2.75) is 20.0 Å². The predicted molar refractivity (Wildman–Crippen MR) is 87.9 cm³/mol. The number of nitrogens with one attached hydrogen (secondary N) is 2. The van der Waals surface area contributed by atoms with E-state index < -0.39 is 0 Å². The lowest BCUT2D eigenvalue weighted by Gasteiger charge is -2.09. The van der Waals surface area contributed by atoms with Crippen molar-refractivity contribution >= 4 is 11.8 Å². The first-order valence-corrected chi connectivity index (χ1v) is 7.41. The van der Waals surface area contributed by atoms with E-state index in [0.717, 1.165) is 17.5 Å². The number of carbonyl (C=O) groups is 2. The van der Waals surface area contributed by atoms with E-state index >= 15 is 0 Å². The van der Waals surface area contributed by atoms with Gasteiger partial charge < -0.3 is 4.74 Å². The lowest BCUT2D eigenvalue weighted by molar-refractivity contribution is 0.0846. The van der Waals surface area contributed by atoms with Crippen molar-refractivity contribution < 1.29 is 14.3 Å². The minimum Gasteiger partial charge on any atom is -0.380 e. The van der Waals surface area contributed by atoms with E-state index in [1.807, 2.05) is 25.1 Å². The number of hydrogen-bond acceptors (Lipinski definition) is 3. The van der Waals surface area contributed by atoms with Gasteiger partial charge in [0.25, 0.3) is 11.8 Å². The van der Waals surface area contributed by atoms with Gasteiger partial charge in [-0.25, -0.2) is 0 Å². The van der Waals surface area contributed by atoms with Crippen LogP contribution in [-0.4, -0.2) is 18.9 Å². The lowest BCUT2D eigenvalue weighted by atomic mass is 10.1. The molecule has 0 bridgehead atoms. The average molecular weight is 312 g/mol. The topological polar surface area (TPSA) is 67.4 Å². The maximum atomic E-state index is 12.1. The monoisotopic (exact) mass is 312 g/mol. The second kappa shape index (κ2) is 8.10. The molecule has 0 atom stereocenters. The summed E-state index contributed by atoms with van der Waals surface area (Å²) in [6.45, 7) is 2.48. The molecule has 5 heteroatoms. The van der Waals surface area contributed by atoms with E-state index in [4.69, 9.17) is 4.74 Å². The summed E-state index contributed by atoms with van der Waals surface area (Å²) in [5, 5.41) is 0. The van der Waals surface area contributed by atoms with Crippen LogP contribution in [0, 0.1) is 0 Å². The number of carbonyl (C=O) groups excluding carboxylic acids is 2. The number of aryl methyl sites for hydroxylation is 1. The van der Waals surface area contributed by atoms with E-state index in [-0.39, 0.29) is 11.8 Å². The first-order chi connectivity index (χ1) is 11.1. The predicted octanol–water partition coefficient (Wildman–Crippen LogP) is 2.47. The van der Waals surface area contributed by atoms with Crippen LogP contribution < -0.4 is 10.9 Å². The first kappa shape index (κ1) is 16.7. The Kier molecular flexibility index (Phi) is 5.88. The van der Waals surface area contributed by atoms with Gasteiger partial charge in [0.1, 0.15) is 0 Å². The van der Waals surface area contributed by atoms with Gasteiger partial charge in [0.15, 0.2) is 0 Å². The molecule has 2 aromatic rings. The molecule has 23 heavy (non-hydrogen) atoms. The molecule has 0 saturated heterocycles. The minimum absolute atomic E-state index is 0.353. The highest BCUT2D eigenvalue weighted by Crippen LogP contribution is 2.07. The van der Waals surface area contributed by atoms with Gasteiger partial charge in [-0.1, -0.05) is 31.2 Å². The van der Waals surface area contributed by atoms with Crippen LogP contribution in [0.2, 0.25) is 0 Å². The highest BCUT2D eigenvalue weighted by atomic mass is 16.5. The molecule has 0 heterocycles. The van der Waals surface area contributed by atoms with Crippen molar-refractivity contribution in [1.29, 1.82) is 0 Å². The van der Waals surface area contributed by atoms with Gasteiger partial charge >= 0.3 is 0 Å². The third-order valence-corrected chi connectivity index (χ3v) is 3.41. The fraction of sp³-hybridized carbons (Fsp3) is 0.222. The zero-order chi connectivity index (χ0) is 16.7. The molecule has 2 amide bonds. The maximum absolute atomic E-state index is 12.1. The summed E-state index contributed by atoms with van der Waals surface area (Å²) < 4.78 is 5.04. The number of ether oxygens (including phenoxy) is 1. The maximum Gasteiger partial charge on any atom is 0.269 e. The molecular formula is C18H20N2O3. The Morgan fingerprint density at radius 1 is 0.913 bits per heavy atom.